The maximum Gasteiger partial charge on any atom is 0.306 e. The highest BCUT2D eigenvalue weighted by Gasteiger charge is 2.19. The summed E-state index contributed by atoms with van der Waals surface area (Å²) in [6.45, 7) is 8.07. The van der Waals surface area contributed by atoms with Crippen LogP contribution in [0.5, 0.6) is 0 Å². The van der Waals surface area contributed by atoms with Crippen molar-refractivity contribution in [3.05, 3.63) is 0 Å². The fourth-order valence-corrected chi connectivity index (χ4v) is 2.15. The molecule has 0 spiro atoms. The summed E-state index contributed by atoms with van der Waals surface area (Å²) < 4.78 is 9.83. The third-order valence-corrected chi connectivity index (χ3v) is 3.31. The average molecular weight is 274 g/mol. The number of methoxy groups -OCH3 is 1. The monoisotopic (exact) mass is 274 g/mol. The minimum absolute atomic E-state index is 0.158. The molecule has 1 saturated heterocycles. The number of ether oxygens (including phenoxy) is 2. The van der Waals surface area contributed by atoms with E-state index in [4.69, 9.17) is 4.74 Å². The second-order valence-electron chi connectivity index (χ2n) is 4.78. The van der Waals surface area contributed by atoms with E-state index in [-0.39, 0.29) is 5.97 Å². The number of carbonyl (C=O) groups is 1. The molecule has 1 aliphatic rings. The van der Waals surface area contributed by atoms with Crippen LogP contribution in [-0.2, 0) is 14.3 Å². The van der Waals surface area contributed by atoms with Gasteiger partial charge in [-0.15, -0.1) is 0 Å². The Kier molecular flexibility index (Phi) is 7.97. The summed E-state index contributed by atoms with van der Waals surface area (Å²) in [6.07, 6.45) is 0.0327. The highest BCUT2D eigenvalue weighted by Crippen LogP contribution is 2.04. The number of aliphatic hydroxyl groups excluding tert-OH is 1. The highest BCUT2D eigenvalue weighted by molar-refractivity contribution is 5.69. The summed E-state index contributed by atoms with van der Waals surface area (Å²) in [5.74, 6) is -0.158. The molecule has 0 aromatic rings. The van der Waals surface area contributed by atoms with Gasteiger partial charge in [0, 0.05) is 45.9 Å². The maximum absolute atomic E-state index is 11.1. The minimum Gasteiger partial charge on any atom is -0.469 e. The fraction of sp³-hybridized carbons (Fsp3) is 0.923. The first-order chi connectivity index (χ1) is 9.15. The molecule has 1 heterocycles. The van der Waals surface area contributed by atoms with Crippen molar-refractivity contribution in [2.45, 2.75) is 19.4 Å². The summed E-state index contributed by atoms with van der Waals surface area (Å²) in [6, 6.07) is 0. The summed E-state index contributed by atoms with van der Waals surface area (Å²) in [4.78, 5) is 15.5. The summed E-state index contributed by atoms with van der Waals surface area (Å²) in [7, 11) is 1.42. The molecule has 0 aromatic carbocycles. The molecule has 0 amide bonds. The van der Waals surface area contributed by atoms with Crippen LogP contribution < -0.4 is 0 Å². The SMILES string of the molecule is CCOCC(O)CN1CCN(CCC(=O)OC)CC1. The predicted octanol–water partition coefficient (Wildman–Crippen LogP) is -0.435. The Hall–Kier alpha value is -0.690. The van der Waals surface area contributed by atoms with Crippen LogP contribution in [0.3, 0.4) is 0 Å². The molecule has 1 rings (SSSR count). The van der Waals surface area contributed by atoms with Crippen molar-refractivity contribution in [2.75, 3.05) is 59.6 Å². The Balaban J connectivity index is 2.12. The number of hydrogen-bond acceptors (Lipinski definition) is 6. The molecule has 112 valence electrons. The van der Waals surface area contributed by atoms with Crippen LogP contribution in [0.1, 0.15) is 13.3 Å². The zero-order chi connectivity index (χ0) is 14.1. The van der Waals surface area contributed by atoms with Gasteiger partial charge in [0.25, 0.3) is 0 Å². The Bertz CT molecular complexity index is 255. The van der Waals surface area contributed by atoms with E-state index in [1.807, 2.05) is 6.92 Å². The zero-order valence-corrected chi connectivity index (χ0v) is 12.0. The van der Waals surface area contributed by atoms with Gasteiger partial charge in [0.05, 0.1) is 26.2 Å². The molecule has 1 N–H and O–H groups in total. The van der Waals surface area contributed by atoms with Gasteiger partial charge >= 0.3 is 5.97 Å². The lowest BCUT2D eigenvalue weighted by Gasteiger charge is -2.35. The van der Waals surface area contributed by atoms with Crippen molar-refractivity contribution in [2.24, 2.45) is 0 Å². The molecule has 1 unspecified atom stereocenters. The first-order valence-corrected chi connectivity index (χ1v) is 6.93. The van der Waals surface area contributed by atoms with E-state index in [2.05, 4.69) is 14.5 Å². The van der Waals surface area contributed by atoms with Gasteiger partial charge in [-0.05, 0) is 6.92 Å². The average Bonchev–Trinajstić information content (AvgIpc) is 2.44. The number of aliphatic hydroxyl groups is 1. The zero-order valence-electron chi connectivity index (χ0n) is 12.0. The van der Waals surface area contributed by atoms with Crippen LogP contribution in [0.25, 0.3) is 0 Å². The van der Waals surface area contributed by atoms with Crippen LogP contribution >= 0.6 is 0 Å². The summed E-state index contributed by atoms with van der Waals surface area (Å²) in [5, 5.41) is 9.77. The van der Waals surface area contributed by atoms with Crippen molar-refractivity contribution < 1.29 is 19.4 Å². The van der Waals surface area contributed by atoms with Gasteiger partial charge in [0.1, 0.15) is 0 Å². The smallest absolute Gasteiger partial charge is 0.306 e. The standard InChI is InChI=1S/C13H26N2O4/c1-3-19-11-12(16)10-15-8-6-14(7-9-15)5-4-13(17)18-2/h12,16H,3-11H2,1-2H3. The van der Waals surface area contributed by atoms with E-state index in [0.717, 1.165) is 32.7 Å². The lowest BCUT2D eigenvalue weighted by molar-refractivity contribution is -0.141. The molecule has 1 fully saturated rings. The van der Waals surface area contributed by atoms with Crippen molar-refractivity contribution in [3.63, 3.8) is 0 Å². The van der Waals surface area contributed by atoms with E-state index in [1.165, 1.54) is 7.11 Å². The quantitative estimate of drug-likeness (QED) is 0.606. The van der Waals surface area contributed by atoms with Gasteiger partial charge in [-0.3, -0.25) is 9.69 Å². The number of rotatable bonds is 8. The third-order valence-electron chi connectivity index (χ3n) is 3.31. The molecule has 1 atom stereocenters. The molecule has 19 heavy (non-hydrogen) atoms. The van der Waals surface area contributed by atoms with Gasteiger partial charge in [-0.25, -0.2) is 0 Å². The molecule has 6 heteroatoms. The van der Waals surface area contributed by atoms with E-state index < -0.39 is 6.10 Å². The molecule has 0 saturated carbocycles. The van der Waals surface area contributed by atoms with Crippen LogP contribution in [0, 0.1) is 0 Å². The maximum atomic E-state index is 11.1. The second kappa shape index (κ2) is 9.25. The number of hydrogen-bond donors (Lipinski definition) is 1. The molecule has 1 aliphatic heterocycles. The van der Waals surface area contributed by atoms with Crippen LogP contribution in [0.15, 0.2) is 0 Å². The molecule has 6 nitrogen and oxygen atoms in total. The fourth-order valence-electron chi connectivity index (χ4n) is 2.15. The van der Waals surface area contributed by atoms with Crippen molar-refractivity contribution in [3.8, 4) is 0 Å². The lowest BCUT2D eigenvalue weighted by atomic mass is 10.2. The Morgan fingerprint density at radius 3 is 2.47 bits per heavy atom. The molecular formula is C13H26N2O4. The Morgan fingerprint density at radius 1 is 1.26 bits per heavy atom. The number of carbonyl (C=O) groups excluding carboxylic acids is 1. The first kappa shape index (κ1) is 16.4. The van der Waals surface area contributed by atoms with Gasteiger partial charge in [0.2, 0.25) is 0 Å². The summed E-state index contributed by atoms with van der Waals surface area (Å²) >= 11 is 0. The van der Waals surface area contributed by atoms with Crippen LogP contribution in [0.2, 0.25) is 0 Å². The van der Waals surface area contributed by atoms with E-state index in [0.29, 0.717) is 26.2 Å². The number of nitrogens with zero attached hydrogens (tertiary/aromatic N) is 2. The molecule has 0 bridgehead atoms. The number of piperazine rings is 1. The van der Waals surface area contributed by atoms with Crippen molar-refractivity contribution in [1.82, 2.24) is 9.80 Å². The largest absolute Gasteiger partial charge is 0.469 e. The van der Waals surface area contributed by atoms with Crippen molar-refractivity contribution >= 4 is 5.97 Å². The normalized spacial score (nSPS) is 19.3. The van der Waals surface area contributed by atoms with Gasteiger partial charge in [-0.2, -0.15) is 0 Å². The van der Waals surface area contributed by atoms with Gasteiger partial charge in [-0.1, -0.05) is 0 Å². The Labute approximate surface area is 115 Å². The van der Waals surface area contributed by atoms with Crippen LogP contribution in [-0.4, -0.2) is 86.6 Å². The minimum atomic E-state index is -0.415. The Morgan fingerprint density at radius 2 is 1.89 bits per heavy atom. The lowest BCUT2D eigenvalue weighted by Crippen LogP contribution is -2.49. The second-order valence-corrected chi connectivity index (χ2v) is 4.78. The van der Waals surface area contributed by atoms with Gasteiger partial charge in [0.15, 0.2) is 0 Å². The number of β-amino-alcohol motifs (C(OH)–C–C–N with tert-alkyl or cyclic N) is 1. The van der Waals surface area contributed by atoms with Gasteiger partial charge < -0.3 is 19.5 Å². The third kappa shape index (κ3) is 6.87. The van der Waals surface area contributed by atoms with Crippen molar-refractivity contribution in [1.29, 1.82) is 0 Å². The summed E-state index contributed by atoms with van der Waals surface area (Å²) in [5.41, 5.74) is 0. The van der Waals surface area contributed by atoms with Crippen LogP contribution in [0.4, 0.5) is 0 Å². The number of esters is 1. The highest BCUT2D eigenvalue weighted by atomic mass is 16.5. The topological polar surface area (TPSA) is 62.2 Å². The molecule has 0 aliphatic carbocycles. The van der Waals surface area contributed by atoms with E-state index in [9.17, 15) is 9.90 Å². The van der Waals surface area contributed by atoms with E-state index in [1.54, 1.807) is 0 Å². The molecule has 0 radical (unpaired) electrons. The molecular weight excluding hydrogens is 248 g/mol. The van der Waals surface area contributed by atoms with E-state index >= 15 is 0 Å². The first-order valence-electron chi connectivity index (χ1n) is 6.93. The predicted molar refractivity (Wildman–Crippen MR) is 72.0 cm³/mol. The molecule has 0 aromatic heterocycles.